The fourth-order valence-electron chi connectivity index (χ4n) is 3.22. The first-order valence-corrected chi connectivity index (χ1v) is 9.29. The number of imide groups is 1. The first-order chi connectivity index (χ1) is 14.2. The van der Waals surface area contributed by atoms with Crippen molar-refractivity contribution in [1.82, 2.24) is 9.80 Å². The van der Waals surface area contributed by atoms with Crippen molar-refractivity contribution in [3.8, 4) is 5.75 Å². The topological polar surface area (TPSA) is 93.2 Å². The fraction of sp³-hybridized carbons (Fsp3) is 0.273. The maximum atomic E-state index is 12.6. The summed E-state index contributed by atoms with van der Waals surface area (Å²) < 4.78 is 10.5. The van der Waals surface area contributed by atoms with E-state index in [1.165, 1.54) is 25.0 Å². The number of hydrogen-bond acceptors (Lipinski definition) is 6. The van der Waals surface area contributed by atoms with Crippen LogP contribution in [-0.4, -0.2) is 60.8 Å². The molecule has 3 rings (SSSR count). The number of nitrogens with zero attached hydrogens (tertiary/aromatic N) is 2. The van der Waals surface area contributed by atoms with E-state index in [0.29, 0.717) is 16.7 Å². The van der Waals surface area contributed by atoms with Gasteiger partial charge in [0.2, 0.25) is 0 Å². The van der Waals surface area contributed by atoms with E-state index >= 15 is 0 Å². The number of esters is 1. The zero-order valence-electron chi connectivity index (χ0n) is 17.2. The number of methoxy groups -OCH3 is 1. The van der Waals surface area contributed by atoms with Gasteiger partial charge in [-0.2, -0.15) is 0 Å². The standard InChI is InChI=1S/C22H22N2O6/c1-13(19(25)23(2)3)30-22(28)17-11-14(9-10-18(17)29-4)12-24-20(26)15-7-5-6-8-16(15)21(24)27/h5-11,13H,12H2,1-4H3/t13-/m0/s1. The number of rotatable bonds is 6. The minimum Gasteiger partial charge on any atom is -0.496 e. The minimum atomic E-state index is -0.975. The first kappa shape index (κ1) is 21.0. The Balaban J connectivity index is 1.83. The van der Waals surface area contributed by atoms with Crippen LogP contribution >= 0.6 is 0 Å². The molecule has 0 aromatic heterocycles. The molecule has 2 aromatic rings. The number of carbonyl (C=O) groups is 4. The third kappa shape index (κ3) is 3.89. The summed E-state index contributed by atoms with van der Waals surface area (Å²) in [5, 5.41) is 0. The molecule has 0 radical (unpaired) electrons. The molecule has 0 bridgehead atoms. The molecule has 8 nitrogen and oxygen atoms in total. The van der Waals surface area contributed by atoms with Crippen molar-refractivity contribution in [2.75, 3.05) is 21.2 Å². The molecule has 1 heterocycles. The first-order valence-electron chi connectivity index (χ1n) is 9.29. The monoisotopic (exact) mass is 410 g/mol. The minimum absolute atomic E-state index is 0.0111. The molecule has 0 spiro atoms. The maximum absolute atomic E-state index is 12.6. The van der Waals surface area contributed by atoms with Gasteiger partial charge in [-0.15, -0.1) is 0 Å². The molecule has 1 aliphatic rings. The molecule has 1 atom stereocenters. The lowest BCUT2D eigenvalue weighted by Crippen LogP contribution is -2.35. The summed E-state index contributed by atoms with van der Waals surface area (Å²) in [6.07, 6.45) is -0.975. The highest BCUT2D eigenvalue weighted by Gasteiger charge is 2.35. The summed E-state index contributed by atoms with van der Waals surface area (Å²) in [7, 11) is 4.54. The molecule has 1 aliphatic heterocycles. The van der Waals surface area contributed by atoms with Crippen LogP contribution in [0.5, 0.6) is 5.75 Å². The second kappa shape index (κ2) is 8.36. The van der Waals surface area contributed by atoms with Gasteiger partial charge in [0.1, 0.15) is 11.3 Å². The summed E-state index contributed by atoms with van der Waals surface area (Å²) in [6, 6.07) is 11.3. The molecule has 0 saturated heterocycles. The van der Waals surface area contributed by atoms with Gasteiger partial charge in [0.05, 0.1) is 24.8 Å². The van der Waals surface area contributed by atoms with Gasteiger partial charge in [0, 0.05) is 14.1 Å². The average Bonchev–Trinajstić information content (AvgIpc) is 2.98. The van der Waals surface area contributed by atoms with Crippen molar-refractivity contribution >= 4 is 23.7 Å². The second-order valence-corrected chi connectivity index (χ2v) is 7.06. The highest BCUT2D eigenvalue weighted by atomic mass is 16.5. The zero-order valence-corrected chi connectivity index (χ0v) is 17.2. The lowest BCUT2D eigenvalue weighted by Gasteiger charge is -2.19. The molecule has 156 valence electrons. The largest absolute Gasteiger partial charge is 0.496 e. The van der Waals surface area contributed by atoms with Gasteiger partial charge in [-0.1, -0.05) is 18.2 Å². The maximum Gasteiger partial charge on any atom is 0.342 e. The summed E-state index contributed by atoms with van der Waals surface area (Å²) in [4.78, 5) is 52.2. The van der Waals surface area contributed by atoms with Gasteiger partial charge in [-0.05, 0) is 36.8 Å². The van der Waals surface area contributed by atoms with E-state index in [9.17, 15) is 19.2 Å². The van der Waals surface area contributed by atoms with E-state index < -0.39 is 12.1 Å². The molecular formula is C22H22N2O6. The number of benzene rings is 2. The molecule has 0 N–H and O–H groups in total. The molecule has 8 heteroatoms. The van der Waals surface area contributed by atoms with Crippen LogP contribution in [0.1, 0.15) is 43.6 Å². The predicted molar refractivity (Wildman–Crippen MR) is 107 cm³/mol. The van der Waals surface area contributed by atoms with Gasteiger partial charge < -0.3 is 14.4 Å². The third-order valence-corrected chi connectivity index (χ3v) is 4.78. The van der Waals surface area contributed by atoms with Crippen LogP contribution in [0.25, 0.3) is 0 Å². The highest BCUT2D eigenvalue weighted by Crippen LogP contribution is 2.27. The van der Waals surface area contributed by atoms with E-state index in [-0.39, 0.29) is 35.6 Å². The molecular weight excluding hydrogens is 388 g/mol. The third-order valence-electron chi connectivity index (χ3n) is 4.78. The van der Waals surface area contributed by atoms with Crippen LogP contribution in [0.15, 0.2) is 42.5 Å². The van der Waals surface area contributed by atoms with Crippen LogP contribution < -0.4 is 4.74 Å². The van der Waals surface area contributed by atoms with Gasteiger partial charge in [0.25, 0.3) is 17.7 Å². The Bertz CT molecular complexity index is 995. The van der Waals surface area contributed by atoms with Gasteiger partial charge in [-0.3, -0.25) is 19.3 Å². The molecule has 3 amide bonds. The van der Waals surface area contributed by atoms with E-state index in [0.717, 1.165) is 4.90 Å². The SMILES string of the molecule is COc1ccc(CN2C(=O)c3ccccc3C2=O)cc1C(=O)O[C@@H](C)C(=O)N(C)C. The Morgan fingerprint density at radius 1 is 1.03 bits per heavy atom. The summed E-state index contributed by atoms with van der Waals surface area (Å²) in [5.74, 6) is -1.61. The van der Waals surface area contributed by atoms with E-state index in [4.69, 9.17) is 9.47 Å². The van der Waals surface area contributed by atoms with Crippen molar-refractivity contribution in [1.29, 1.82) is 0 Å². The van der Waals surface area contributed by atoms with Gasteiger partial charge >= 0.3 is 5.97 Å². The number of ether oxygens (including phenoxy) is 2. The summed E-state index contributed by atoms with van der Waals surface area (Å²) in [6.45, 7) is 1.47. The van der Waals surface area contributed by atoms with Crippen LogP contribution in [0.3, 0.4) is 0 Å². The second-order valence-electron chi connectivity index (χ2n) is 7.06. The summed E-state index contributed by atoms with van der Waals surface area (Å²) >= 11 is 0. The van der Waals surface area contributed by atoms with E-state index in [1.807, 2.05) is 0 Å². The molecule has 2 aromatic carbocycles. The predicted octanol–water partition coefficient (Wildman–Crippen LogP) is 2.12. The van der Waals surface area contributed by atoms with E-state index in [1.54, 1.807) is 50.5 Å². The van der Waals surface area contributed by atoms with Crippen molar-refractivity contribution in [3.63, 3.8) is 0 Å². The lowest BCUT2D eigenvalue weighted by molar-refractivity contribution is -0.137. The molecule has 30 heavy (non-hydrogen) atoms. The van der Waals surface area contributed by atoms with Crippen LogP contribution in [0, 0.1) is 0 Å². The average molecular weight is 410 g/mol. The Labute approximate surface area is 174 Å². The van der Waals surface area contributed by atoms with Crippen LogP contribution in [0.4, 0.5) is 0 Å². The number of carbonyl (C=O) groups excluding carboxylic acids is 4. The molecule has 0 unspecified atom stereocenters. The Kier molecular flexibility index (Phi) is 5.86. The highest BCUT2D eigenvalue weighted by molar-refractivity contribution is 6.21. The molecule has 0 saturated carbocycles. The lowest BCUT2D eigenvalue weighted by atomic mass is 10.1. The number of fused-ring (bicyclic) bond motifs is 1. The van der Waals surface area contributed by atoms with Crippen molar-refractivity contribution in [3.05, 3.63) is 64.7 Å². The van der Waals surface area contributed by atoms with Gasteiger partial charge in [0.15, 0.2) is 6.10 Å². The number of likely N-dealkylation sites (N-methyl/N-ethyl adjacent to an activating group) is 1. The quantitative estimate of drug-likeness (QED) is 0.535. The van der Waals surface area contributed by atoms with Gasteiger partial charge in [-0.25, -0.2) is 4.79 Å². The van der Waals surface area contributed by atoms with Crippen molar-refractivity contribution < 1.29 is 28.7 Å². The van der Waals surface area contributed by atoms with Crippen molar-refractivity contribution in [2.45, 2.75) is 19.6 Å². The van der Waals surface area contributed by atoms with Crippen LogP contribution in [-0.2, 0) is 16.1 Å². The molecule has 0 aliphatic carbocycles. The number of amides is 3. The van der Waals surface area contributed by atoms with Crippen molar-refractivity contribution in [2.24, 2.45) is 0 Å². The van der Waals surface area contributed by atoms with E-state index in [2.05, 4.69) is 0 Å². The zero-order chi connectivity index (χ0) is 22.0. The number of hydrogen-bond donors (Lipinski definition) is 0. The smallest absolute Gasteiger partial charge is 0.342 e. The van der Waals surface area contributed by atoms with Crippen LogP contribution in [0.2, 0.25) is 0 Å². The normalized spacial score (nSPS) is 13.7. The molecule has 0 fully saturated rings. The Morgan fingerprint density at radius 2 is 1.63 bits per heavy atom. The Morgan fingerprint density at radius 3 is 2.17 bits per heavy atom. The fourth-order valence-corrected chi connectivity index (χ4v) is 3.22. The Hall–Kier alpha value is -3.68. The summed E-state index contributed by atoms with van der Waals surface area (Å²) in [5.41, 5.74) is 1.35.